The minimum Gasteiger partial charge on any atom is -0.461 e. The lowest BCUT2D eigenvalue weighted by Crippen LogP contribution is -2.62. The van der Waals surface area contributed by atoms with Gasteiger partial charge in [0.05, 0.1) is 29.6 Å². The molecule has 1 N–H and O–H groups in total. The molecular formula is C33H30F4N6O. The molecule has 0 unspecified atom stereocenters. The number of anilines is 1. The number of alkyl halides is 2. The molecule has 4 fully saturated rings. The van der Waals surface area contributed by atoms with Crippen LogP contribution in [0.3, 0.4) is 0 Å². The van der Waals surface area contributed by atoms with E-state index < -0.39 is 23.2 Å². The molecule has 0 radical (unpaired) electrons. The van der Waals surface area contributed by atoms with Crippen LogP contribution in [-0.2, 0) is 0 Å². The Bertz CT molecular complexity index is 1850. The number of ether oxygens (including phenoxy) is 1. The minimum absolute atomic E-state index is 0.00140. The summed E-state index contributed by atoms with van der Waals surface area (Å²) in [6, 6.07) is 7.88. The number of pyridine rings is 1. The van der Waals surface area contributed by atoms with Crippen molar-refractivity contribution < 1.29 is 22.3 Å². The van der Waals surface area contributed by atoms with Crippen LogP contribution in [-0.4, -0.2) is 69.8 Å². The molecule has 6 heterocycles. The summed E-state index contributed by atoms with van der Waals surface area (Å²) in [7, 11) is 0. The average molecular weight is 603 g/mol. The Morgan fingerprint density at radius 2 is 1.73 bits per heavy atom. The Kier molecular flexibility index (Phi) is 6.10. The fraction of sp³-hybridized carbons (Fsp3) is 0.424. The fourth-order valence-corrected chi connectivity index (χ4v) is 7.84. The molecule has 7 nitrogen and oxygen atoms in total. The first-order chi connectivity index (χ1) is 21.2. The van der Waals surface area contributed by atoms with Gasteiger partial charge >= 0.3 is 6.01 Å². The average Bonchev–Trinajstić information content (AvgIpc) is 3.65. The zero-order valence-electron chi connectivity index (χ0n) is 24.0. The van der Waals surface area contributed by atoms with Crippen molar-refractivity contribution >= 4 is 27.5 Å². The highest BCUT2D eigenvalue weighted by Gasteiger charge is 2.55. The Morgan fingerprint density at radius 3 is 2.45 bits per heavy atom. The quantitative estimate of drug-likeness (QED) is 0.180. The molecule has 2 aromatic carbocycles. The van der Waals surface area contributed by atoms with Gasteiger partial charge < -0.3 is 9.64 Å². The van der Waals surface area contributed by atoms with Gasteiger partial charge in [-0.05, 0) is 50.2 Å². The number of benzene rings is 2. The number of rotatable bonds is 5. The summed E-state index contributed by atoms with van der Waals surface area (Å²) >= 11 is 0. The van der Waals surface area contributed by atoms with Gasteiger partial charge in [-0.15, -0.1) is 6.42 Å². The van der Waals surface area contributed by atoms with Gasteiger partial charge in [-0.2, -0.15) is 9.97 Å². The normalized spacial score (nSPS) is 25.9. The summed E-state index contributed by atoms with van der Waals surface area (Å²) in [6.45, 7) is 1.96. The first kappa shape index (κ1) is 27.5. The van der Waals surface area contributed by atoms with Crippen LogP contribution in [0.1, 0.15) is 44.1 Å². The van der Waals surface area contributed by atoms with Gasteiger partial charge in [-0.1, -0.05) is 30.2 Å². The summed E-state index contributed by atoms with van der Waals surface area (Å²) in [6.07, 6.45) is 11.2. The zero-order chi connectivity index (χ0) is 30.3. The van der Waals surface area contributed by atoms with Crippen molar-refractivity contribution in [3.8, 4) is 29.6 Å². The van der Waals surface area contributed by atoms with Crippen LogP contribution < -0.4 is 15.0 Å². The van der Waals surface area contributed by atoms with Crippen LogP contribution in [0.2, 0.25) is 0 Å². The number of nitrogens with zero attached hydrogens (tertiary/aromatic N) is 5. The molecule has 44 heavy (non-hydrogen) atoms. The van der Waals surface area contributed by atoms with Crippen LogP contribution in [0.15, 0.2) is 36.5 Å². The monoisotopic (exact) mass is 602 g/mol. The molecular weight excluding hydrogens is 572 g/mol. The number of nitrogens with one attached hydrogen (secondary N) is 1. The topological polar surface area (TPSA) is 66.4 Å². The first-order valence-electron chi connectivity index (χ1n) is 15.0. The molecule has 4 saturated heterocycles. The van der Waals surface area contributed by atoms with Crippen molar-refractivity contribution in [2.24, 2.45) is 0 Å². The van der Waals surface area contributed by atoms with Crippen LogP contribution in [0.5, 0.6) is 6.01 Å². The number of piperazine rings is 1. The second kappa shape index (κ2) is 9.74. The molecule has 4 aromatic rings. The predicted octanol–water partition coefficient (Wildman–Crippen LogP) is 5.65. The van der Waals surface area contributed by atoms with Crippen LogP contribution in [0.25, 0.3) is 32.9 Å². The number of halogens is 4. The van der Waals surface area contributed by atoms with Gasteiger partial charge in [0.2, 0.25) is 0 Å². The maximum absolute atomic E-state index is 16.7. The van der Waals surface area contributed by atoms with Gasteiger partial charge in [0.1, 0.15) is 29.5 Å². The third-order valence-corrected chi connectivity index (χ3v) is 9.87. The molecule has 2 aromatic heterocycles. The fourth-order valence-electron chi connectivity index (χ4n) is 7.84. The summed E-state index contributed by atoms with van der Waals surface area (Å²) in [5, 5.41) is 3.64. The smallest absolute Gasteiger partial charge is 0.319 e. The number of hydrogen-bond acceptors (Lipinski definition) is 7. The van der Waals surface area contributed by atoms with E-state index in [1.165, 1.54) is 17.2 Å². The summed E-state index contributed by atoms with van der Waals surface area (Å²) in [5.74, 6) is -2.76. The van der Waals surface area contributed by atoms with E-state index in [0.29, 0.717) is 22.9 Å². The van der Waals surface area contributed by atoms with E-state index in [9.17, 15) is 4.39 Å². The Hall–Kier alpha value is -4.01. The standard InChI is InChI=1S/C33H30F4N6O/c1-2-21-24(34)9-8-20-6-3-7-22(25(20)21)27-26(35)28-23(16-38-27)29(42-17-32(36)12-13-33(37,18-42)41-32)40-30(39-28)44-19-31-10-4-14-43(31)15-5-11-31/h1,3,6-9,16,41H,4-5,10-15,17-19H2/t32-,33+. The molecule has 0 aliphatic carbocycles. The van der Waals surface area contributed by atoms with Crippen molar-refractivity contribution in [3.05, 3.63) is 53.7 Å². The molecule has 0 amide bonds. The number of hydrogen-bond donors (Lipinski definition) is 1. The van der Waals surface area contributed by atoms with E-state index in [1.54, 1.807) is 24.3 Å². The number of fused-ring (bicyclic) bond motifs is 5. The lowest BCUT2D eigenvalue weighted by Gasteiger charge is -2.40. The minimum atomic E-state index is -1.96. The van der Waals surface area contributed by atoms with Crippen LogP contribution in [0.4, 0.5) is 23.4 Å². The van der Waals surface area contributed by atoms with Crippen LogP contribution in [0, 0.1) is 24.0 Å². The van der Waals surface area contributed by atoms with Gasteiger partial charge in [0, 0.05) is 30.0 Å². The van der Waals surface area contributed by atoms with Crippen molar-refractivity contribution in [3.63, 3.8) is 0 Å². The predicted molar refractivity (Wildman–Crippen MR) is 159 cm³/mol. The highest BCUT2D eigenvalue weighted by Crippen LogP contribution is 2.43. The summed E-state index contributed by atoms with van der Waals surface area (Å²) in [5.41, 5.74) is -0.0132. The third kappa shape index (κ3) is 4.22. The molecule has 2 atom stereocenters. The van der Waals surface area contributed by atoms with Gasteiger partial charge in [0.15, 0.2) is 17.4 Å². The molecule has 0 spiro atoms. The summed E-state index contributed by atoms with van der Waals surface area (Å²) in [4.78, 5) is 17.5. The summed E-state index contributed by atoms with van der Waals surface area (Å²) < 4.78 is 68.7. The Morgan fingerprint density at radius 1 is 0.977 bits per heavy atom. The molecule has 8 rings (SSSR count). The molecule has 226 valence electrons. The largest absolute Gasteiger partial charge is 0.461 e. The van der Waals surface area contributed by atoms with Crippen LogP contribution >= 0.6 is 0 Å². The van der Waals surface area contributed by atoms with E-state index in [0.717, 1.165) is 38.8 Å². The molecule has 4 aliphatic heterocycles. The first-order valence-corrected chi connectivity index (χ1v) is 15.0. The SMILES string of the molecule is C#Cc1c(F)ccc2cccc(-c3ncc4c(N5C[C@]6(F)CC[C@](F)(C5)N6)nc(OCC56CCCN5CCC6)nc4c3F)c12. The van der Waals surface area contributed by atoms with E-state index >= 15 is 13.2 Å². The van der Waals surface area contributed by atoms with E-state index in [2.05, 4.69) is 31.1 Å². The van der Waals surface area contributed by atoms with E-state index in [1.807, 2.05) is 0 Å². The second-order valence-corrected chi connectivity index (χ2v) is 12.6. The van der Waals surface area contributed by atoms with Crippen molar-refractivity contribution in [2.45, 2.75) is 55.6 Å². The van der Waals surface area contributed by atoms with Gasteiger partial charge in [0.25, 0.3) is 0 Å². The Balaban J connectivity index is 1.28. The Labute approximate surface area is 251 Å². The molecule has 0 saturated carbocycles. The van der Waals surface area contributed by atoms with Gasteiger partial charge in [-0.3, -0.25) is 9.88 Å². The van der Waals surface area contributed by atoms with Crippen molar-refractivity contribution in [2.75, 3.05) is 37.7 Å². The highest BCUT2D eigenvalue weighted by atomic mass is 19.2. The maximum atomic E-state index is 16.7. The number of terminal acetylenes is 1. The molecule has 2 bridgehead atoms. The third-order valence-electron chi connectivity index (χ3n) is 9.87. The highest BCUT2D eigenvalue weighted by molar-refractivity contribution is 6.02. The van der Waals surface area contributed by atoms with Crippen molar-refractivity contribution in [1.29, 1.82) is 0 Å². The second-order valence-electron chi connectivity index (χ2n) is 12.6. The number of aromatic nitrogens is 3. The van der Waals surface area contributed by atoms with Gasteiger partial charge in [-0.25, -0.2) is 22.9 Å². The van der Waals surface area contributed by atoms with E-state index in [-0.39, 0.29) is 65.5 Å². The zero-order valence-corrected chi connectivity index (χ0v) is 24.0. The van der Waals surface area contributed by atoms with E-state index in [4.69, 9.17) is 11.2 Å². The molecule has 4 aliphatic rings. The molecule has 11 heteroatoms. The lowest BCUT2D eigenvalue weighted by molar-refractivity contribution is 0.0435. The lowest BCUT2D eigenvalue weighted by atomic mass is 9.95. The maximum Gasteiger partial charge on any atom is 0.319 e. The van der Waals surface area contributed by atoms with Crippen molar-refractivity contribution in [1.82, 2.24) is 25.2 Å².